The van der Waals surface area contributed by atoms with Gasteiger partial charge < -0.3 is 4.89 Å². The number of allylic oxidation sites excluding steroid dienone is 2. The van der Waals surface area contributed by atoms with Gasteiger partial charge in [0.05, 0.1) is 21.1 Å². The fraction of sp³-hybridized carbons (Fsp3) is 0.935. The van der Waals surface area contributed by atoms with E-state index in [1.54, 1.807) is 0 Å². The molecule has 35 heavy (non-hydrogen) atoms. The third-order valence-corrected chi connectivity index (χ3v) is 8.80. The molecule has 0 saturated heterocycles. The molecule has 4 heteroatoms. The SMILES string of the molecule is CCCCCCCCCCCCCCCCCCCCCC/C=C\CCCC([P+](=O)[O-])[N+](C)(C)C. The second kappa shape index (κ2) is 25.4. The standard InChI is InChI=1S/C31H63NO2P/c1-5-6-7-8-9-10-11-12-13-14-15-16-17-18-19-20-21-22-23-24-25-26-27-28-29-30-31(35(33)34)32(2,3)4/h26-27,31H,5-25,28-30H2,1-4H3/q+1/b27-26-. The van der Waals surface area contributed by atoms with E-state index in [1.807, 2.05) is 21.1 Å². The molecule has 0 spiro atoms. The maximum absolute atomic E-state index is 11.4. The van der Waals surface area contributed by atoms with Gasteiger partial charge in [-0.15, -0.1) is 0 Å². The van der Waals surface area contributed by atoms with Gasteiger partial charge in [-0.25, -0.2) is 0 Å². The lowest BCUT2D eigenvalue weighted by Gasteiger charge is -2.27. The number of nitrogens with zero attached hydrogens (tertiary/aromatic N) is 1. The Balaban J connectivity index is 3.26. The van der Waals surface area contributed by atoms with Crippen LogP contribution in [-0.2, 0) is 4.57 Å². The highest BCUT2D eigenvalue weighted by molar-refractivity contribution is 7.37. The summed E-state index contributed by atoms with van der Waals surface area (Å²) in [5, 5.41) is 0. The zero-order valence-electron chi connectivity index (χ0n) is 24.4. The van der Waals surface area contributed by atoms with Crippen molar-refractivity contribution in [1.29, 1.82) is 0 Å². The Labute approximate surface area is 222 Å². The third-order valence-electron chi connectivity index (χ3n) is 7.36. The molecule has 2 unspecified atom stereocenters. The Hall–Kier alpha value is -0.240. The average molecular weight is 513 g/mol. The van der Waals surface area contributed by atoms with E-state index in [-0.39, 0.29) is 5.78 Å². The lowest BCUT2D eigenvalue weighted by molar-refractivity contribution is -0.883. The lowest BCUT2D eigenvalue weighted by Crippen LogP contribution is -2.44. The molecule has 0 saturated carbocycles. The van der Waals surface area contributed by atoms with E-state index in [4.69, 9.17) is 0 Å². The van der Waals surface area contributed by atoms with E-state index < -0.39 is 8.03 Å². The molecule has 2 atom stereocenters. The van der Waals surface area contributed by atoms with Crippen molar-refractivity contribution in [2.45, 2.75) is 167 Å². The molecule has 0 heterocycles. The first kappa shape index (κ1) is 34.8. The Morgan fingerprint density at radius 1 is 0.571 bits per heavy atom. The average Bonchev–Trinajstić information content (AvgIpc) is 2.80. The molecule has 0 aliphatic rings. The molecule has 0 aromatic heterocycles. The smallest absolute Gasteiger partial charge is 0.373 e. The molecule has 0 aliphatic carbocycles. The summed E-state index contributed by atoms with van der Waals surface area (Å²) < 4.78 is 11.9. The number of quaternary nitrogens is 1. The molecule has 0 amide bonds. The van der Waals surface area contributed by atoms with Crippen molar-refractivity contribution in [3.63, 3.8) is 0 Å². The molecule has 0 aromatic rings. The monoisotopic (exact) mass is 512 g/mol. The first-order valence-corrected chi connectivity index (χ1v) is 16.7. The molecule has 3 nitrogen and oxygen atoms in total. The topological polar surface area (TPSA) is 40.1 Å². The Bertz CT molecular complexity index is 487. The Kier molecular flexibility index (Phi) is 25.2. The summed E-state index contributed by atoms with van der Waals surface area (Å²) in [6.45, 7) is 2.29. The van der Waals surface area contributed by atoms with Crippen LogP contribution in [0.2, 0.25) is 0 Å². The summed E-state index contributed by atoms with van der Waals surface area (Å²) in [7, 11) is 3.54. The molecule has 0 bridgehead atoms. The van der Waals surface area contributed by atoms with E-state index in [1.165, 1.54) is 135 Å². The molecule has 0 N–H and O–H groups in total. The highest BCUT2D eigenvalue weighted by atomic mass is 31.1. The van der Waals surface area contributed by atoms with Crippen LogP contribution in [0.1, 0.15) is 161 Å². The summed E-state index contributed by atoms with van der Waals surface area (Å²) in [6.07, 6.45) is 37.0. The summed E-state index contributed by atoms with van der Waals surface area (Å²) in [5.41, 5.74) is 0. The lowest BCUT2D eigenvalue weighted by atomic mass is 10.0. The van der Waals surface area contributed by atoms with Crippen molar-refractivity contribution in [2.75, 3.05) is 21.1 Å². The van der Waals surface area contributed by atoms with Gasteiger partial charge in [0, 0.05) is 6.42 Å². The van der Waals surface area contributed by atoms with Gasteiger partial charge in [-0.1, -0.05) is 146 Å². The van der Waals surface area contributed by atoms with Crippen molar-refractivity contribution in [2.24, 2.45) is 0 Å². The second-order valence-electron chi connectivity index (χ2n) is 11.8. The van der Waals surface area contributed by atoms with Gasteiger partial charge in [0.1, 0.15) is 0 Å². The van der Waals surface area contributed by atoms with Crippen molar-refractivity contribution in [3.05, 3.63) is 12.2 Å². The van der Waals surface area contributed by atoms with Gasteiger partial charge in [0.25, 0.3) is 5.78 Å². The fourth-order valence-corrected chi connectivity index (χ4v) is 5.91. The van der Waals surface area contributed by atoms with Crippen LogP contribution >= 0.6 is 8.03 Å². The summed E-state index contributed by atoms with van der Waals surface area (Å²) in [5.74, 6) is -0.261. The fourth-order valence-electron chi connectivity index (χ4n) is 4.95. The van der Waals surface area contributed by atoms with E-state index in [0.717, 1.165) is 19.3 Å². The Morgan fingerprint density at radius 3 is 1.20 bits per heavy atom. The number of hydrogen-bond acceptors (Lipinski definition) is 2. The molecule has 0 fully saturated rings. The van der Waals surface area contributed by atoms with Crippen LogP contribution in [0.5, 0.6) is 0 Å². The van der Waals surface area contributed by atoms with Crippen molar-refractivity contribution in [3.8, 4) is 0 Å². The normalized spacial score (nSPS) is 13.6. The predicted octanol–water partition coefficient (Wildman–Crippen LogP) is 10.1. The summed E-state index contributed by atoms with van der Waals surface area (Å²) in [6, 6.07) is 0. The molecular formula is C31H63NO2P+. The van der Waals surface area contributed by atoms with Gasteiger partial charge in [-0.3, -0.25) is 4.48 Å². The Morgan fingerprint density at radius 2 is 0.886 bits per heavy atom. The van der Waals surface area contributed by atoms with E-state index in [0.29, 0.717) is 4.48 Å². The van der Waals surface area contributed by atoms with Gasteiger partial charge >= 0.3 is 8.03 Å². The minimum absolute atomic E-state index is 0.261. The largest absolute Gasteiger partial charge is 0.591 e. The van der Waals surface area contributed by atoms with Crippen LogP contribution in [0, 0.1) is 0 Å². The van der Waals surface area contributed by atoms with Gasteiger partial charge in [-0.05, 0) is 25.7 Å². The minimum atomic E-state index is -2.35. The van der Waals surface area contributed by atoms with Crippen LogP contribution in [0.3, 0.4) is 0 Å². The summed E-state index contributed by atoms with van der Waals surface area (Å²) in [4.78, 5) is 11.4. The van der Waals surface area contributed by atoms with Crippen LogP contribution < -0.4 is 4.89 Å². The van der Waals surface area contributed by atoms with E-state index in [9.17, 15) is 9.46 Å². The predicted molar refractivity (Wildman–Crippen MR) is 155 cm³/mol. The van der Waals surface area contributed by atoms with Crippen LogP contribution in [0.4, 0.5) is 0 Å². The highest BCUT2D eigenvalue weighted by Crippen LogP contribution is 2.28. The molecule has 0 rings (SSSR count). The number of hydrogen-bond donors (Lipinski definition) is 0. The van der Waals surface area contributed by atoms with Gasteiger partial charge in [0.15, 0.2) is 0 Å². The van der Waals surface area contributed by atoms with Crippen LogP contribution in [0.15, 0.2) is 12.2 Å². The number of unbranched alkanes of at least 4 members (excludes halogenated alkanes) is 21. The molecular weight excluding hydrogens is 449 g/mol. The first-order chi connectivity index (χ1) is 16.9. The highest BCUT2D eigenvalue weighted by Gasteiger charge is 2.34. The molecule has 208 valence electrons. The zero-order valence-corrected chi connectivity index (χ0v) is 25.3. The maximum atomic E-state index is 11.4. The van der Waals surface area contributed by atoms with E-state index >= 15 is 0 Å². The zero-order chi connectivity index (χ0) is 26.0. The molecule has 0 aliphatic heterocycles. The van der Waals surface area contributed by atoms with Crippen LogP contribution in [0.25, 0.3) is 0 Å². The summed E-state index contributed by atoms with van der Waals surface area (Å²) >= 11 is 0. The molecule has 0 radical (unpaired) electrons. The van der Waals surface area contributed by atoms with E-state index in [2.05, 4.69) is 19.1 Å². The van der Waals surface area contributed by atoms with Crippen molar-refractivity contribution in [1.82, 2.24) is 0 Å². The quantitative estimate of drug-likeness (QED) is 0.0475. The first-order valence-electron chi connectivity index (χ1n) is 15.5. The van der Waals surface area contributed by atoms with Gasteiger partial charge in [0.2, 0.25) is 0 Å². The molecule has 0 aromatic carbocycles. The second-order valence-corrected chi connectivity index (χ2v) is 13.0. The van der Waals surface area contributed by atoms with Crippen molar-refractivity contribution >= 4 is 8.03 Å². The maximum Gasteiger partial charge on any atom is 0.373 e. The minimum Gasteiger partial charge on any atom is -0.591 e. The van der Waals surface area contributed by atoms with Gasteiger partial charge in [-0.2, -0.15) is 0 Å². The van der Waals surface area contributed by atoms with Crippen LogP contribution in [-0.4, -0.2) is 31.4 Å². The third kappa shape index (κ3) is 25.2. The number of rotatable bonds is 27. The van der Waals surface area contributed by atoms with Crippen molar-refractivity contribution < 1.29 is 13.9 Å².